The summed E-state index contributed by atoms with van der Waals surface area (Å²) >= 11 is 0. The largest absolute Gasteiger partial charge is 0.309 e. The van der Waals surface area contributed by atoms with Crippen molar-refractivity contribution in [3.05, 3.63) is 294 Å². The maximum Gasteiger partial charge on any atom is 0.0714 e. The van der Waals surface area contributed by atoms with Gasteiger partial charge in [0.25, 0.3) is 0 Å². The molecule has 1 aromatic heterocycles. The Morgan fingerprint density at radius 2 is 0.891 bits per heavy atom. The third-order valence-corrected chi connectivity index (χ3v) is 13.3. The molecule has 0 amide bonds. The van der Waals surface area contributed by atoms with Crippen LogP contribution in [-0.4, -0.2) is 4.57 Å². The normalized spacial score (nSPS) is 12.9. The second kappa shape index (κ2) is 15.6. The number of para-hydroxylation sites is 1. The molecule has 0 bridgehead atoms. The van der Waals surface area contributed by atoms with Crippen LogP contribution in [0.1, 0.15) is 38.9 Å². The van der Waals surface area contributed by atoms with E-state index in [1.807, 2.05) is 0 Å². The Labute approximate surface area is 374 Å². The Morgan fingerprint density at radius 3 is 1.64 bits per heavy atom. The van der Waals surface area contributed by atoms with E-state index in [1.165, 1.54) is 94.1 Å². The van der Waals surface area contributed by atoms with Gasteiger partial charge in [0, 0.05) is 16.5 Å². The molecule has 0 N–H and O–H groups in total. The summed E-state index contributed by atoms with van der Waals surface area (Å²) in [6, 6.07) is 93.4. The van der Waals surface area contributed by atoms with Crippen molar-refractivity contribution in [3.8, 4) is 39.1 Å². The lowest BCUT2D eigenvalue weighted by Gasteiger charge is -2.34. The fourth-order valence-electron chi connectivity index (χ4n) is 10.4. The van der Waals surface area contributed by atoms with E-state index in [4.69, 9.17) is 0 Å². The molecule has 0 aliphatic heterocycles. The van der Waals surface area contributed by atoms with Gasteiger partial charge in [-0.1, -0.05) is 224 Å². The molecule has 0 atom stereocenters. The van der Waals surface area contributed by atoms with Crippen LogP contribution in [0.3, 0.4) is 0 Å². The van der Waals surface area contributed by atoms with Crippen LogP contribution >= 0.6 is 0 Å². The number of fused-ring (bicyclic) bond motifs is 6. The predicted molar refractivity (Wildman–Crippen MR) is 269 cm³/mol. The van der Waals surface area contributed by atoms with Crippen molar-refractivity contribution >= 4 is 33.5 Å². The van der Waals surface area contributed by atoms with E-state index in [0.717, 1.165) is 11.3 Å². The molecule has 0 radical (unpaired) electrons. The molecular formula is C63H43N. The number of benzene rings is 10. The Balaban J connectivity index is 1.01. The summed E-state index contributed by atoms with van der Waals surface area (Å²) in [7, 11) is 0. The van der Waals surface area contributed by atoms with E-state index < -0.39 is 5.41 Å². The zero-order valence-corrected chi connectivity index (χ0v) is 35.3. The summed E-state index contributed by atoms with van der Waals surface area (Å²) in [6.07, 6.45) is 2.32. The van der Waals surface area contributed by atoms with Gasteiger partial charge in [-0.25, -0.2) is 0 Å². The predicted octanol–water partition coefficient (Wildman–Crippen LogP) is 16.1. The summed E-state index contributed by atoms with van der Waals surface area (Å²) in [6.45, 7) is 0. The Bertz CT molecular complexity index is 3470. The maximum atomic E-state index is 2.48. The molecule has 1 aliphatic carbocycles. The van der Waals surface area contributed by atoms with Crippen molar-refractivity contribution in [2.45, 2.75) is 5.41 Å². The molecule has 0 spiro atoms. The molecule has 1 aliphatic rings. The van der Waals surface area contributed by atoms with E-state index in [1.54, 1.807) is 0 Å². The summed E-state index contributed by atoms with van der Waals surface area (Å²) in [5.41, 5.74) is 20.2. The van der Waals surface area contributed by atoms with Gasteiger partial charge in [-0.2, -0.15) is 0 Å². The first-order valence-corrected chi connectivity index (χ1v) is 22.2. The molecule has 1 heterocycles. The van der Waals surface area contributed by atoms with Gasteiger partial charge in [-0.05, 0) is 114 Å². The molecule has 64 heavy (non-hydrogen) atoms. The Morgan fingerprint density at radius 1 is 0.344 bits per heavy atom. The van der Waals surface area contributed by atoms with E-state index in [2.05, 4.69) is 265 Å². The minimum absolute atomic E-state index is 0.483. The third kappa shape index (κ3) is 6.16. The molecule has 0 unspecified atom stereocenters. The molecule has 11 aromatic rings. The molecular weight excluding hydrogens is 771 g/mol. The number of hydrogen-bond acceptors (Lipinski definition) is 0. The van der Waals surface area contributed by atoms with E-state index in [-0.39, 0.29) is 0 Å². The third-order valence-electron chi connectivity index (χ3n) is 13.3. The Hall–Kier alpha value is -8.26. The van der Waals surface area contributed by atoms with Gasteiger partial charge >= 0.3 is 0 Å². The highest BCUT2D eigenvalue weighted by Crippen LogP contribution is 2.56. The van der Waals surface area contributed by atoms with Gasteiger partial charge in [0.05, 0.1) is 16.4 Å². The van der Waals surface area contributed by atoms with Crippen molar-refractivity contribution in [2.75, 3.05) is 0 Å². The lowest BCUT2D eigenvalue weighted by molar-refractivity contribution is 0.767. The monoisotopic (exact) mass is 813 g/mol. The average Bonchev–Trinajstić information content (AvgIpc) is 3.87. The second-order valence-electron chi connectivity index (χ2n) is 16.8. The zero-order valence-electron chi connectivity index (χ0n) is 35.3. The van der Waals surface area contributed by atoms with Crippen LogP contribution in [0.25, 0.3) is 72.5 Å². The highest BCUT2D eigenvalue weighted by atomic mass is 15.0. The SMILES string of the molecule is C(=C(c1ccccc1)c1cccc(-c2ccc3c4ccccc4n(-c4ccc5c(c4)C(c4ccccc4)(c4ccccc4)c4ccccc4-5)c3c2)c1)c1ccc(-c2ccccc2)cc1. The highest BCUT2D eigenvalue weighted by Gasteiger charge is 2.46. The molecule has 300 valence electrons. The van der Waals surface area contributed by atoms with Crippen LogP contribution in [0.4, 0.5) is 0 Å². The summed E-state index contributed by atoms with van der Waals surface area (Å²) < 4.78 is 2.48. The number of aromatic nitrogens is 1. The van der Waals surface area contributed by atoms with Crippen LogP contribution in [0.5, 0.6) is 0 Å². The molecule has 1 heteroatoms. The smallest absolute Gasteiger partial charge is 0.0714 e. The standard InChI is InChI=1S/C63H43N/c1-5-18-45(19-6-1)46-34-32-44(33-35-46)40-58(47-20-7-2-8-21-47)50-23-17-22-48(41-50)49-36-38-57-56-29-14-16-31-61(56)64(62(57)42-49)53-37-39-55-54-28-13-15-30-59(54)63(60(55)43-53,51-24-9-3-10-25-51)52-26-11-4-12-27-52/h1-43H. The van der Waals surface area contributed by atoms with Gasteiger partial charge in [0.15, 0.2) is 0 Å². The first-order chi connectivity index (χ1) is 31.7. The average molecular weight is 814 g/mol. The lowest BCUT2D eigenvalue weighted by atomic mass is 9.67. The summed E-state index contributed by atoms with van der Waals surface area (Å²) in [5.74, 6) is 0. The second-order valence-corrected chi connectivity index (χ2v) is 16.8. The van der Waals surface area contributed by atoms with Crippen LogP contribution in [0.2, 0.25) is 0 Å². The van der Waals surface area contributed by atoms with Crippen molar-refractivity contribution in [2.24, 2.45) is 0 Å². The first kappa shape index (κ1) is 37.5. The lowest BCUT2D eigenvalue weighted by Crippen LogP contribution is -2.28. The molecule has 1 nitrogen and oxygen atoms in total. The minimum Gasteiger partial charge on any atom is -0.309 e. The van der Waals surface area contributed by atoms with Crippen LogP contribution in [0.15, 0.2) is 255 Å². The maximum absolute atomic E-state index is 2.48. The van der Waals surface area contributed by atoms with Gasteiger partial charge in [-0.3, -0.25) is 0 Å². The van der Waals surface area contributed by atoms with E-state index in [0.29, 0.717) is 0 Å². The zero-order chi connectivity index (χ0) is 42.5. The van der Waals surface area contributed by atoms with Gasteiger partial charge in [0.2, 0.25) is 0 Å². The number of nitrogens with zero attached hydrogens (tertiary/aromatic N) is 1. The Kier molecular flexibility index (Phi) is 9.13. The molecule has 12 rings (SSSR count). The van der Waals surface area contributed by atoms with E-state index in [9.17, 15) is 0 Å². The summed E-state index contributed by atoms with van der Waals surface area (Å²) in [4.78, 5) is 0. The van der Waals surface area contributed by atoms with Crippen molar-refractivity contribution in [3.63, 3.8) is 0 Å². The first-order valence-electron chi connectivity index (χ1n) is 22.2. The fraction of sp³-hybridized carbons (Fsp3) is 0.0159. The van der Waals surface area contributed by atoms with Crippen molar-refractivity contribution in [1.82, 2.24) is 4.57 Å². The molecule has 0 saturated heterocycles. The van der Waals surface area contributed by atoms with Crippen LogP contribution < -0.4 is 0 Å². The van der Waals surface area contributed by atoms with Crippen molar-refractivity contribution < 1.29 is 0 Å². The van der Waals surface area contributed by atoms with Crippen LogP contribution in [-0.2, 0) is 5.41 Å². The fourth-order valence-corrected chi connectivity index (χ4v) is 10.4. The number of rotatable bonds is 8. The molecule has 0 saturated carbocycles. The summed E-state index contributed by atoms with van der Waals surface area (Å²) in [5, 5.41) is 2.48. The van der Waals surface area contributed by atoms with Gasteiger partial charge in [0.1, 0.15) is 0 Å². The topological polar surface area (TPSA) is 4.93 Å². The number of hydrogen-bond donors (Lipinski definition) is 0. The van der Waals surface area contributed by atoms with E-state index >= 15 is 0 Å². The van der Waals surface area contributed by atoms with Crippen molar-refractivity contribution in [1.29, 1.82) is 0 Å². The molecule has 10 aromatic carbocycles. The van der Waals surface area contributed by atoms with Gasteiger partial charge in [-0.15, -0.1) is 0 Å². The quantitative estimate of drug-likeness (QED) is 0.135. The minimum atomic E-state index is -0.483. The van der Waals surface area contributed by atoms with Crippen LogP contribution in [0, 0.1) is 0 Å². The molecule has 0 fully saturated rings. The highest BCUT2D eigenvalue weighted by molar-refractivity contribution is 6.10. The van der Waals surface area contributed by atoms with Gasteiger partial charge < -0.3 is 4.57 Å².